The maximum atomic E-state index is 5.20. The third-order valence-electron chi connectivity index (χ3n) is 7.27. The molecule has 0 amide bonds. The average Bonchev–Trinajstić information content (AvgIpc) is 3.21. The Morgan fingerprint density at radius 3 is 2.41 bits per heavy atom. The highest BCUT2D eigenvalue weighted by Crippen LogP contribution is 2.67. The quantitative estimate of drug-likeness (QED) is 0.651. The van der Waals surface area contributed by atoms with Gasteiger partial charge < -0.3 is 0 Å². The molecule has 2 bridgehead atoms. The van der Waals surface area contributed by atoms with E-state index in [0.717, 1.165) is 23.0 Å². The molecule has 4 aliphatic carbocycles. The highest BCUT2D eigenvalue weighted by molar-refractivity contribution is 5.57. The summed E-state index contributed by atoms with van der Waals surface area (Å²) in [5, 5.41) is 0. The summed E-state index contributed by atoms with van der Waals surface area (Å²) in [6, 6.07) is 10.9. The molecule has 2 nitrogen and oxygen atoms in total. The fraction of sp³-hybridized carbons (Fsp3) is 0.440. The van der Waals surface area contributed by atoms with E-state index < -0.39 is 0 Å². The van der Waals surface area contributed by atoms with Gasteiger partial charge in [-0.25, -0.2) is 0 Å². The van der Waals surface area contributed by atoms with Gasteiger partial charge in [0, 0.05) is 17.5 Å². The summed E-state index contributed by atoms with van der Waals surface area (Å²) in [7, 11) is 0. The minimum atomic E-state index is 0.291. The summed E-state index contributed by atoms with van der Waals surface area (Å²) >= 11 is 0. The van der Waals surface area contributed by atoms with E-state index in [-0.39, 0.29) is 0 Å². The molecule has 0 aliphatic heterocycles. The average molecular weight is 357 g/mol. The van der Waals surface area contributed by atoms with Gasteiger partial charge in [0.25, 0.3) is 0 Å². The van der Waals surface area contributed by atoms with Gasteiger partial charge in [0.15, 0.2) is 0 Å². The summed E-state index contributed by atoms with van der Waals surface area (Å²) < 4.78 is 0. The predicted octanol–water partition coefficient (Wildman–Crippen LogP) is 6.24. The summed E-state index contributed by atoms with van der Waals surface area (Å²) in [5.74, 6) is 2.89. The Hall–Kier alpha value is -2.22. The largest absolute Gasteiger partial charge is 0.251 e. The van der Waals surface area contributed by atoms with Gasteiger partial charge in [-0.05, 0) is 53.4 Å². The van der Waals surface area contributed by atoms with Crippen molar-refractivity contribution in [2.45, 2.75) is 51.9 Å². The minimum absolute atomic E-state index is 0.291. The summed E-state index contributed by atoms with van der Waals surface area (Å²) in [4.78, 5) is 10.1. The lowest BCUT2D eigenvalue weighted by atomic mass is 9.43. The molecule has 1 saturated carbocycles. The second-order valence-corrected chi connectivity index (χ2v) is 9.40. The fourth-order valence-corrected chi connectivity index (χ4v) is 5.67. The van der Waals surface area contributed by atoms with Crippen LogP contribution in [0, 0.1) is 17.3 Å². The van der Waals surface area contributed by atoms with Crippen LogP contribution in [0.1, 0.15) is 68.8 Å². The van der Waals surface area contributed by atoms with Crippen LogP contribution in [0.5, 0.6) is 0 Å². The van der Waals surface area contributed by atoms with E-state index in [2.05, 4.69) is 82.3 Å². The fourth-order valence-electron chi connectivity index (χ4n) is 5.67. The first-order valence-electron chi connectivity index (χ1n) is 10.3. The van der Waals surface area contributed by atoms with E-state index in [0.29, 0.717) is 29.1 Å². The number of nitrogens with zero attached hydrogens (tertiary/aromatic N) is 2. The van der Waals surface area contributed by atoms with Crippen LogP contribution in [0.2, 0.25) is 0 Å². The van der Waals surface area contributed by atoms with Gasteiger partial charge in [0.2, 0.25) is 0 Å². The van der Waals surface area contributed by atoms with Crippen LogP contribution < -0.4 is 0 Å². The Morgan fingerprint density at radius 1 is 0.963 bits per heavy atom. The normalized spacial score (nSPS) is 27.7. The summed E-state index contributed by atoms with van der Waals surface area (Å²) in [6.45, 7) is 9.61. The van der Waals surface area contributed by atoms with Gasteiger partial charge in [-0.3, -0.25) is 9.97 Å². The number of aromatic nitrogens is 2. The van der Waals surface area contributed by atoms with Gasteiger partial charge in [-0.15, -0.1) is 0 Å². The lowest BCUT2D eigenvalue weighted by Crippen LogP contribution is -2.51. The van der Waals surface area contributed by atoms with Crippen molar-refractivity contribution in [3.8, 4) is 11.4 Å². The van der Waals surface area contributed by atoms with Crippen molar-refractivity contribution in [3.05, 3.63) is 71.6 Å². The minimum Gasteiger partial charge on any atom is -0.251 e. The van der Waals surface area contributed by atoms with Crippen LogP contribution in [0.15, 0.2) is 54.6 Å². The molecule has 2 aromatic rings. The molecule has 1 fully saturated rings. The first kappa shape index (κ1) is 16.9. The van der Waals surface area contributed by atoms with Gasteiger partial charge in [-0.2, -0.15) is 0 Å². The van der Waals surface area contributed by atoms with Crippen molar-refractivity contribution in [1.29, 1.82) is 0 Å². The lowest BCUT2D eigenvalue weighted by Gasteiger charge is -2.61. The Balaban J connectivity index is 1.57. The first-order valence-corrected chi connectivity index (χ1v) is 10.3. The van der Waals surface area contributed by atoms with Crippen LogP contribution in [-0.2, 0) is 0 Å². The third-order valence-corrected chi connectivity index (χ3v) is 7.27. The number of hydrogen-bond donors (Lipinski definition) is 0. The van der Waals surface area contributed by atoms with Crippen molar-refractivity contribution in [1.82, 2.24) is 9.97 Å². The molecule has 3 atom stereocenters. The third kappa shape index (κ3) is 2.46. The molecule has 0 aromatic carbocycles. The molecule has 4 aliphatic rings. The van der Waals surface area contributed by atoms with Crippen LogP contribution in [0.25, 0.3) is 11.4 Å². The molecule has 0 radical (unpaired) electrons. The molecule has 27 heavy (non-hydrogen) atoms. The van der Waals surface area contributed by atoms with Crippen LogP contribution >= 0.6 is 0 Å². The van der Waals surface area contributed by atoms with Crippen molar-refractivity contribution >= 4 is 0 Å². The number of hydrogen-bond acceptors (Lipinski definition) is 2. The monoisotopic (exact) mass is 356 g/mol. The molecule has 0 unspecified atom stereocenters. The van der Waals surface area contributed by atoms with Gasteiger partial charge in [-0.1, -0.05) is 64.1 Å². The second kappa shape index (κ2) is 5.89. The highest BCUT2D eigenvalue weighted by atomic mass is 14.8. The van der Waals surface area contributed by atoms with E-state index in [1.54, 1.807) is 0 Å². The van der Waals surface area contributed by atoms with E-state index in [1.165, 1.54) is 17.7 Å². The van der Waals surface area contributed by atoms with Crippen molar-refractivity contribution < 1.29 is 0 Å². The summed E-state index contributed by atoms with van der Waals surface area (Å²) in [6.07, 6.45) is 9.90. The van der Waals surface area contributed by atoms with Crippen molar-refractivity contribution in [2.75, 3.05) is 0 Å². The van der Waals surface area contributed by atoms with Crippen molar-refractivity contribution in [3.63, 3.8) is 0 Å². The molecular weight excluding hydrogens is 328 g/mol. The van der Waals surface area contributed by atoms with E-state index in [4.69, 9.17) is 9.97 Å². The van der Waals surface area contributed by atoms with Crippen molar-refractivity contribution in [2.24, 2.45) is 17.3 Å². The molecule has 2 heteroatoms. The van der Waals surface area contributed by atoms with E-state index >= 15 is 0 Å². The van der Waals surface area contributed by atoms with Crippen LogP contribution in [0.3, 0.4) is 0 Å². The van der Waals surface area contributed by atoms with E-state index in [9.17, 15) is 0 Å². The standard InChI is InChI=1S/C25H28N2/c1-15(2)23-19-14-18(25(19,3)4)17-12-13-22(27-24(17)23)21-11-7-10-20(26-21)16-8-5-6-9-16/h5-13,15-16,18-19,23H,14H2,1-4H3/t18-,19+,23-/m0/s1. The Labute approximate surface area is 162 Å². The predicted molar refractivity (Wildman–Crippen MR) is 111 cm³/mol. The highest BCUT2D eigenvalue weighted by Gasteiger charge is 2.57. The van der Waals surface area contributed by atoms with Gasteiger partial charge >= 0.3 is 0 Å². The number of pyridine rings is 2. The van der Waals surface area contributed by atoms with Crippen LogP contribution in [-0.4, -0.2) is 9.97 Å². The van der Waals surface area contributed by atoms with E-state index in [1.807, 2.05) is 0 Å². The van der Waals surface area contributed by atoms with Gasteiger partial charge in [0.05, 0.1) is 17.1 Å². The molecule has 0 N–H and O–H groups in total. The molecule has 6 rings (SSSR count). The molecule has 2 aromatic heterocycles. The lowest BCUT2D eigenvalue weighted by molar-refractivity contribution is -0.0198. The maximum Gasteiger partial charge on any atom is 0.0889 e. The topological polar surface area (TPSA) is 25.8 Å². The summed E-state index contributed by atoms with van der Waals surface area (Å²) in [5.41, 5.74) is 6.35. The number of allylic oxidation sites excluding steroid dienone is 4. The Morgan fingerprint density at radius 2 is 1.70 bits per heavy atom. The maximum absolute atomic E-state index is 5.20. The van der Waals surface area contributed by atoms with Crippen LogP contribution in [0.4, 0.5) is 0 Å². The SMILES string of the molecule is CC(C)[C@@H]1c2nc(-c3cccc(C4C=CC=C4)n3)ccc2[C@@H]2C[C@H]1C2(C)C. The molecule has 0 spiro atoms. The first-order chi connectivity index (χ1) is 13.0. The Bertz CT molecular complexity index is 939. The molecular formula is C25H28N2. The second-order valence-electron chi connectivity index (χ2n) is 9.40. The molecule has 2 heterocycles. The Kier molecular flexibility index (Phi) is 3.69. The molecule has 138 valence electrons. The molecule has 0 saturated heterocycles. The zero-order chi connectivity index (χ0) is 18.8. The van der Waals surface area contributed by atoms with Gasteiger partial charge in [0.1, 0.15) is 0 Å². The number of rotatable bonds is 3. The smallest absolute Gasteiger partial charge is 0.0889 e. The zero-order valence-electron chi connectivity index (χ0n) is 16.7. The zero-order valence-corrected chi connectivity index (χ0v) is 16.7.